The molecule has 8 heterocycles. The first-order valence-corrected chi connectivity index (χ1v) is 41.7. The summed E-state index contributed by atoms with van der Waals surface area (Å²) < 4.78 is 15.5. The molecular formula is C110H72B2N8. The van der Waals surface area contributed by atoms with Crippen LogP contribution in [-0.4, -0.2) is 40.9 Å². The van der Waals surface area contributed by atoms with E-state index < -0.39 is 0 Å². The predicted octanol–water partition coefficient (Wildman–Crippen LogP) is 25.4. The van der Waals surface area contributed by atoms with Gasteiger partial charge in [-0.1, -0.05) is 243 Å². The van der Waals surface area contributed by atoms with Crippen molar-refractivity contribution in [3.8, 4) is 33.9 Å². The normalized spacial score (nSPS) is 12.6. The van der Waals surface area contributed by atoms with Gasteiger partial charge in [0.2, 0.25) is 0 Å². The van der Waals surface area contributed by atoms with Crippen LogP contribution in [0.1, 0.15) is 11.1 Å². The highest BCUT2D eigenvalue weighted by Gasteiger charge is 2.41. The van der Waals surface area contributed by atoms with Crippen LogP contribution in [0.3, 0.4) is 0 Å². The SMILES string of the molecule is Cc1cccc2c3ccccc3n(B3c4ccccc4-n4c5ccc(N(c6ccccc6)c6cccc(-c7ccc(C)c8c7c7ccccc7n8B7c8ccccc8-n8c9ccc(-n%10c%11ccccc%11c%11ccccc%11%10)cc9c9cc(-n%10c%11ccccc%11c%11ccccc%11%10)cc7c98)c6)cc5c5cc(N(c6ccccc6)c6ccccc6)cc3c54)c12. The van der Waals surface area contributed by atoms with Crippen molar-refractivity contribution in [3.63, 3.8) is 0 Å². The summed E-state index contributed by atoms with van der Waals surface area (Å²) in [7, 11) is 0. The van der Waals surface area contributed by atoms with Crippen LogP contribution in [0.25, 0.3) is 165 Å². The van der Waals surface area contributed by atoms with Crippen molar-refractivity contribution in [2.24, 2.45) is 0 Å². The average Bonchev–Trinajstić information content (AvgIpc) is 1.52. The number of fused-ring (bicyclic) bond motifs is 22. The summed E-state index contributed by atoms with van der Waals surface area (Å²) in [5.41, 5.74) is 35.1. The summed E-state index contributed by atoms with van der Waals surface area (Å²) in [4.78, 5) is 4.92. The number of hydrogen-bond donors (Lipinski definition) is 0. The monoisotopic (exact) mass is 1530 g/mol. The minimum absolute atomic E-state index is 0.193. The molecule has 2 aliphatic heterocycles. The van der Waals surface area contributed by atoms with E-state index in [4.69, 9.17) is 0 Å². The van der Waals surface area contributed by atoms with Gasteiger partial charge in [-0.25, -0.2) is 0 Å². The molecule has 0 saturated carbocycles. The molecule has 10 heteroatoms. The molecule has 0 bridgehead atoms. The second-order valence-electron chi connectivity index (χ2n) is 32.7. The highest BCUT2D eigenvalue weighted by Crippen LogP contribution is 2.49. The van der Waals surface area contributed by atoms with Crippen LogP contribution in [0.15, 0.2) is 400 Å². The molecule has 0 radical (unpaired) electrons. The van der Waals surface area contributed by atoms with E-state index in [1.807, 2.05) is 0 Å². The van der Waals surface area contributed by atoms with Crippen LogP contribution in [-0.2, 0) is 0 Å². The van der Waals surface area contributed by atoms with Crippen molar-refractivity contribution in [1.29, 1.82) is 0 Å². The van der Waals surface area contributed by atoms with Crippen LogP contribution in [0.4, 0.5) is 34.1 Å². The lowest BCUT2D eigenvalue weighted by Gasteiger charge is -2.31. The number of rotatable bonds is 11. The van der Waals surface area contributed by atoms with Crippen molar-refractivity contribution in [1.82, 2.24) is 27.2 Å². The fourth-order valence-corrected chi connectivity index (χ4v) is 21.6. The molecule has 558 valence electrons. The van der Waals surface area contributed by atoms with E-state index in [9.17, 15) is 0 Å². The van der Waals surface area contributed by atoms with E-state index in [1.54, 1.807) is 0 Å². The summed E-state index contributed by atoms with van der Waals surface area (Å²) in [5, 5.41) is 14.7. The second kappa shape index (κ2) is 25.5. The van der Waals surface area contributed by atoms with Crippen LogP contribution < -0.4 is 31.7 Å². The standard InChI is InChI=1S/C110H72B2N8/c1-69-30-28-45-86-85-43-16-24-52-102(85)119(107(69)86)111-92-46-18-26-54-104(92)117-100-60-57-76(63-88(100)90-65-78(67-94(111)109(90)117)113(72-32-6-3-7-33-72)73-34-8-4-9-35-73)114(74-36-10-5-11-37-74)75-38-29-31-71(62-75)80-59-56-70(2)108-106(80)87-44-17-25-53-103(87)120(108)112-93-47-19-27-55-105(93)118-101-61-58-77(115-96-48-20-12-39-81(96)82-40-13-21-49-97(82)115)64-89(101)91-66-79(68-95(112)110(91)118)116-98-50-22-14-41-83(98)84-42-15-23-51-99(84)116/h3-68H,1-2H3. The third-order valence-corrected chi connectivity index (χ3v) is 26.4. The summed E-state index contributed by atoms with van der Waals surface area (Å²) in [6.07, 6.45) is 0. The van der Waals surface area contributed by atoms with Crippen LogP contribution in [0.2, 0.25) is 0 Å². The quantitative estimate of drug-likeness (QED) is 0.121. The van der Waals surface area contributed by atoms with Gasteiger partial charge in [0.25, 0.3) is 0 Å². The third-order valence-electron chi connectivity index (χ3n) is 26.4. The fourth-order valence-electron chi connectivity index (χ4n) is 21.6. The minimum atomic E-state index is -0.267. The molecule has 0 aliphatic carbocycles. The number of nitrogens with zero attached hydrogens (tertiary/aromatic N) is 8. The van der Waals surface area contributed by atoms with Crippen LogP contribution >= 0.6 is 0 Å². The zero-order valence-corrected chi connectivity index (χ0v) is 65.8. The molecule has 0 atom stereocenters. The third kappa shape index (κ3) is 9.38. The molecule has 0 fully saturated rings. The van der Waals surface area contributed by atoms with E-state index in [-0.39, 0.29) is 13.7 Å². The molecule has 0 unspecified atom stereocenters. The van der Waals surface area contributed by atoms with Crippen molar-refractivity contribution < 1.29 is 0 Å². The van der Waals surface area contributed by atoms with E-state index >= 15 is 0 Å². The maximum absolute atomic E-state index is 2.72. The van der Waals surface area contributed by atoms with Gasteiger partial charge >= 0.3 is 13.7 Å². The Hall–Kier alpha value is -15.5. The highest BCUT2D eigenvalue weighted by atomic mass is 15.2. The first-order chi connectivity index (χ1) is 59.4. The molecule has 8 nitrogen and oxygen atoms in total. The number of aromatic nitrogens is 6. The van der Waals surface area contributed by atoms with Crippen molar-refractivity contribution in [2.45, 2.75) is 13.8 Å². The van der Waals surface area contributed by atoms with Gasteiger partial charge < -0.3 is 37.0 Å². The maximum Gasteiger partial charge on any atom is 0.332 e. The maximum atomic E-state index is 2.72. The molecule has 120 heavy (non-hydrogen) atoms. The molecule has 0 saturated heterocycles. The Bertz CT molecular complexity index is 8340. The zero-order valence-electron chi connectivity index (χ0n) is 65.8. The van der Waals surface area contributed by atoms with Gasteiger partial charge in [0.15, 0.2) is 0 Å². The number of para-hydroxylation sites is 12. The lowest BCUT2D eigenvalue weighted by molar-refractivity contribution is 1.16. The summed E-state index contributed by atoms with van der Waals surface area (Å²) in [6, 6.07) is 150. The van der Waals surface area contributed by atoms with E-state index in [2.05, 4.69) is 451 Å². The summed E-state index contributed by atoms with van der Waals surface area (Å²) in [5.74, 6) is 0. The Balaban J connectivity index is 0.689. The van der Waals surface area contributed by atoms with Gasteiger partial charge in [-0.05, 0) is 216 Å². The Morgan fingerprint density at radius 1 is 0.208 bits per heavy atom. The molecule has 0 N–H and O–H groups in total. The second-order valence-corrected chi connectivity index (χ2v) is 32.7. The largest absolute Gasteiger partial charge is 0.376 e. The van der Waals surface area contributed by atoms with Gasteiger partial charge in [-0.2, -0.15) is 0 Å². The van der Waals surface area contributed by atoms with Gasteiger partial charge in [0, 0.05) is 144 Å². The van der Waals surface area contributed by atoms with Crippen molar-refractivity contribution in [3.05, 3.63) is 412 Å². The predicted molar refractivity (Wildman–Crippen MR) is 508 cm³/mol. The Morgan fingerprint density at radius 3 is 1.18 bits per heavy atom. The molecule has 2 aliphatic rings. The lowest BCUT2D eigenvalue weighted by Crippen LogP contribution is -2.53. The molecule has 0 amide bonds. The molecule has 18 aromatic carbocycles. The summed E-state index contributed by atoms with van der Waals surface area (Å²) >= 11 is 0. The smallest absolute Gasteiger partial charge is 0.332 e. The van der Waals surface area contributed by atoms with Crippen LogP contribution in [0.5, 0.6) is 0 Å². The van der Waals surface area contributed by atoms with E-state index in [0.29, 0.717) is 0 Å². The van der Waals surface area contributed by atoms with Gasteiger partial charge in [-0.3, -0.25) is 0 Å². The number of hydrogen-bond acceptors (Lipinski definition) is 2. The van der Waals surface area contributed by atoms with Crippen LogP contribution in [0, 0.1) is 13.8 Å². The average molecular weight is 1530 g/mol. The first kappa shape index (κ1) is 66.7. The first-order valence-electron chi connectivity index (χ1n) is 41.7. The van der Waals surface area contributed by atoms with E-state index in [0.717, 1.165) is 62.0 Å². The topological polar surface area (TPSA) is 36.1 Å². The van der Waals surface area contributed by atoms with Crippen molar-refractivity contribution in [2.75, 3.05) is 9.80 Å². The minimum Gasteiger partial charge on any atom is -0.376 e. The Labute approximate surface area is 692 Å². The van der Waals surface area contributed by atoms with Gasteiger partial charge in [-0.15, -0.1) is 0 Å². The number of aryl methyl sites for hydroxylation is 2. The number of anilines is 6. The Kier molecular flexibility index (Phi) is 14.2. The summed E-state index contributed by atoms with van der Waals surface area (Å²) in [6.45, 7) is 4.14. The number of benzene rings is 18. The lowest BCUT2D eigenvalue weighted by atomic mass is 9.48. The molecule has 0 spiro atoms. The molecule has 24 aromatic rings. The van der Waals surface area contributed by atoms with Gasteiger partial charge in [0.05, 0.1) is 44.1 Å². The van der Waals surface area contributed by atoms with E-state index in [1.165, 1.54) is 170 Å². The molecular weight excluding hydrogens is 1450 g/mol. The fraction of sp³-hybridized carbons (Fsp3) is 0.0182. The molecule has 26 rings (SSSR count). The Morgan fingerprint density at radius 2 is 0.600 bits per heavy atom. The van der Waals surface area contributed by atoms with Crippen molar-refractivity contribution >= 4 is 201 Å². The van der Waals surface area contributed by atoms with Gasteiger partial charge in [0.1, 0.15) is 0 Å². The highest BCUT2D eigenvalue weighted by molar-refractivity contribution is 6.89. The zero-order chi connectivity index (χ0) is 78.7. The molecule has 6 aromatic heterocycles.